The maximum Gasteiger partial charge on any atom is 0.260 e. The van der Waals surface area contributed by atoms with E-state index >= 15 is 0 Å². The van der Waals surface area contributed by atoms with Gasteiger partial charge in [-0.25, -0.2) is 17.8 Å². The van der Waals surface area contributed by atoms with Gasteiger partial charge in [-0.15, -0.1) is 11.3 Å². The molecule has 7 nitrogen and oxygen atoms in total. The fourth-order valence-electron chi connectivity index (χ4n) is 4.21. The van der Waals surface area contributed by atoms with Gasteiger partial charge in [-0.2, -0.15) is 4.31 Å². The summed E-state index contributed by atoms with van der Waals surface area (Å²) in [4.78, 5) is 23.4. The zero-order chi connectivity index (χ0) is 23.7. The van der Waals surface area contributed by atoms with Gasteiger partial charge >= 0.3 is 0 Å². The highest BCUT2D eigenvalue weighted by Crippen LogP contribution is 2.30. The lowest BCUT2D eigenvalue weighted by molar-refractivity contribution is 0.272. The zero-order valence-electron chi connectivity index (χ0n) is 18.3. The quantitative estimate of drug-likeness (QED) is 0.454. The summed E-state index contributed by atoms with van der Waals surface area (Å²) in [5.41, 5.74) is 1.68. The van der Waals surface area contributed by atoms with Gasteiger partial charge in [0, 0.05) is 30.6 Å². The normalized spacial score (nSPS) is 16.0. The van der Waals surface area contributed by atoms with Crippen LogP contribution >= 0.6 is 11.3 Å². The number of fused-ring (bicyclic) bond motifs is 1. The van der Waals surface area contributed by atoms with Crippen molar-refractivity contribution in [1.82, 2.24) is 19.2 Å². The molecule has 5 rings (SSSR count). The molecule has 2 aromatic carbocycles. The number of rotatable bonds is 5. The molecule has 0 unspecified atom stereocenters. The largest absolute Gasteiger partial charge is 0.309 e. The first kappa shape index (κ1) is 22.9. The van der Waals surface area contributed by atoms with E-state index in [1.54, 1.807) is 0 Å². The summed E-state index contributed by atoms with van der Waals surface area (Å²) in [5, 5.41) is 2.54. The van der Waals surface area contributed by atoms with E-state index in [9.17, 15) is 17.6 Å². The van der Waals surface area contributed by atoms with Crippen LogP contribution in [0.15, 0.2) is 69.7 Å². The van der Waals surface area contributed by atoms with E-state index in [0.29, 0.717) is 55.2 Å². The molecule has 1 N–H and O–H groups in total. The second-order valence-electron chi connectivity index (χ2n) is 8.20. The van der Waals surface area contributed by atoms with Crippen molar-refractivity contribution < 1.29 is 12.8 Å². The molecule has 1 saturated heterocycles. The second kappa shape index (κ2) is 9.38. The Kier molecular flexibility index (Phi) is 6.30. The molecule has 1 aliphatic heterocycles. The van der Waals surface area contributed by atoms with Crippen molar-refractivity contribution in [3.8, 4) is 11.1 Å². The number of benzene rings is 2. The van der Waals surface area contributed by atoms with Crippen LogP contribution in [-0.2, 0) is 16.6 Å². The van der Waals surface area contributed by atoms with Crippen molar-refractivity contribution >= 4 is 31.6 Å². The monoisotopic (exact) mass is 498 g/mol. The highest BCUT2D eigenvalue weighted by atomic mass is 32.2. The lowest BCUT2D eigenvalue weighted by Gasteiger charge is -2.21. The Labute approximate surface area is 200 Å². The van der Waals surface area contributed by atoms with E-state index in [-0.39, 0.29) is 10.5 Å². The van der Waals surface area contributed by atoms with Gasteiger partial charge in [0.2, 0.25) is 10.0 Å². The van der Waals surface area contributed by atoms with Crippen LogP contribution in [-0.4, -0.2) is 53.8 Å². The van der Waals surface area contributed by atoms with Crippen LogP contribution in [0.1, 0.15) is 12.2 Å². The molecule has 1 fully saturated rings. The smallest absolute Gasteiger partial charge is 0.260 e. The molecule has 0 radical (unpaired) electrons. The summed E-state index contributed by atoms with van der Waals surface area (Å²) in [6.07, 6.45) is 0.643. The number of thiophene rings is 1. The minimum Gasteiger partial charge on any atom is -0.309 e. The molecule has 3 heterocycles. The number of halogens is 1. The highest BCUT2D eigenvalue weighted by molar-refractivity contribution is 7.89. The maximum atomic E-state index is 13.2. The average Bonchev–Trinajstić information content (AvgIpc) is 3.12. The van der Waals surface area contributed by atoms with Gasteiger partial charge < -0.3 is 4.98 Å². The van der Waals surface area contributed by atoms with Gasteiger partial charge in [-0.05, 0) is 42.8 Å². The predicted octanol–water partition coefficient (Wildman–Crippen LogP) is 3.69. The Bertz CT molecular complexity index is 1470. The van der Waals surface area contributed by atoms with Crippen LogP contribution in [0.3, 0.4) is 0 Å². The Balaban J connectivity index is 1.32. The molecule has 0 saturated carbocycles. The van der Waals surface area contributed by atoms with E-state index < -0.39 is 15.8 Å². The lowest BCUT2D eigenvalue weighted by Crippen LogP contribution is -2.35. The average molecular weight is 499 g/mol. The van der Waals surface area contributed by atoms with E-state index in [0.717, 1.165) is 23.3 Å². The van der Waals surface area contributed by atoms with E-state index in [2.05, 4.69) is 14.9 Å². The third-order valence-electron chi connectivity index (χ3n) is 5.95. The van der Waals surface area contributed by atoms with Crippen molar-refractivity contribution in [3.63, 3.8) is 0 Å². The SMILES string of the molecule is O=c1[nH]c(CN2CCCN(S(=O)(=O)c3ccc(F)cc3)CC2)nc2scc(-c3ccccc3)c12. The molecule has 176 valence electrons. The van der Waals surface area contributed by atoms with Crippen LogP contribution in [0.25, 0.3) is 21.3 Å². The van der Waals surface area contributed by atoms with Gasteiger partial charge in [0.05, 0.1) is 16.8 Å². The van der Waals surface area contributed by atoms with Crippen molar-refractivity contribution in [2.75, 3.05) is 26.2 Å². The summed E-state index contributed by atoms with van der Waals surface area (Å²) in [7, 11) is -3.69. The molecule has 0 bridgehead atoms. The number of nitrogens with one attached hydrogen (secondary N) is 1. The van der Waals surface area contributed by atoms with Crippen molar-refractivity contribution in [3.05, 3.63) is 82.0 Å². The Morgan fingerprint density at radius 3 is 2.53 bits per heavy atom. The number of nitrogens with zero attached hydrogens (tertiary/aromatic N) is 3. The van der Waals surface area contributed by atoms with Crippen LogP contribution in [0, 0.1) is 5.82 Å². The van der Waals surface area contributed by atoms with E-state index in [1.807, 2.05) is 35.7 Å². The van der Waals surface area contributed by atoms with Crippen LogP contribution in [0.5, 0.6) is 0 Å². The van der Waals surface area contributed by atoms with Gasteiger partial charge in [0.15, 0.2) is 0 Å². The first-order chi connectivity index (χ1) is 16.4. The summed E-state index contributed by atoms with van der Waals surface area (Å²) >= 11 is 1.44. The van der Waals surface area contributed by atoms with E-state index in [1.165, 1.54) is 27.8 Å². The summed E-state index contributed by atoms with van der Waals surface area (Å²) < 4.78 is 40.6. The van der Waals surface area contributed by atoms with Crippen LogP contribution in [0.2, 0.25) is 0 Å². The second-order valence-corrected chi connectivity index (χ2v) is 11.0. The molecule has 34 heavy (non-hydrogen) atoms. The molecular weight excluding hydrogens is 475 g/mol. The number of sulfonamides is 1. The summed E-state index contributed by atoms with van der Waals surface area (Å²) in [5.74, 6) is 0.0925. The minimum atomic E-state index is -3.69. The molecule has 4 aromatic rings. The third kappa shape index (κ3) is 4.54. The summed E-state index contributed by atoms with van der Waals surface area (Å²) in [6, 6.07) is 14.7. The van der Waals surface area contributed by atoms with Crippen molar-refractivity contribution in [2.24, 2.45) is 0 Å². The third-order valence-corrected chi connectivity index (χ3v) is 8.74. The van der Waals surface area contributed by atoms with Gasteiger partial charge in [-0.3, -0.25) is 9.69 Å². The number of aromatic nitrogens is 2. The van der Waals surface area contributed by atoms with Gasteiger partial charge in [0.1, 0.15) is 16.5 Å². The molecule has 10 heteroatoms. The molecule has 2 aromatic heterocycles. The van der Waals surface area contributed by atoms with Crippen molar-refractivity contribution in [2.45, 2.75) is 17.9 Å². The first-order valence-electron chi connectivity index (χ1n) is 11.0. The number of H-pyrrole nitrogens is 1. The Morgan fingerprint density at radius 2 is 1.76 bits per heavy atom. The molecule has 0 spiro atoms. The van der Waals surface area contributed by atoms with Crippen LogP contribution < -0.4 is 5.56 Å². The maximum absolute atomic E-state index is 13.2. The predicted molar refractivity (Wildman–Crippen MR) is 131 cm³/mol. The lowest BCUT2D eigenvalue weighted by atomic mass is 10.1. The van der Waals surface area contributed by atoms with Crippen molar-refractivity contribution in [1.29, 1.82) is 0 Å². The highest BCUT2D eigenvalue weighted by Gasteiger charge is 2.27. The molecule has 0 atom stereocenters. The Hall–Kier alpha value is -2.92. The van der Waals surface area contributed by atoms with Crippen LogP contribution in [0.4, 0.5) is 4.39 Å². The molecule has 1 aliphatic rings. The summed E-state index contributed by atoms with van der Waals surface area (Å²) in [6.45, 7) is 2.29. The molecule has 0 aliphatic carbocycles. The Morgan fingerprint density at radius 1 is 1.00 bits per heavy atom. The zero-order valence-corrected chi connectivity index (χ0v) is 19.9. The fraction of sp³-hybridized carbons (Fsp3) is 0.250. The number of aromatic amines is 1. The van der Waals surface area contributed by atoms with E-state index in [4.69, 9.17) is 0 Å². The standard InChI is InChI=1S/C24H23FN4O3S2/c25-18-7-9-19(10-8-18)34(31,32)29-12-4-11-28(13-14-29)15-21-26-23(30)22-20(16-33-24(22)27-21)17-5-2-1-3-6-17/h1-3,5-10,16H,4,11-15H2,(H,26,27,30). The van der Waals surface area contributed by atoms with Gasteiger partial charge in [-0.1, -0.05) is 30.3 Å². The number of hydrogen-bond donors (Lipinski definition) is 1. The number of hydrogen-bond acceptors (Lipinski definition) is 6. The molecule has 0 amide bonds. The topological polar surface area (TPSA) is 86.4 Å². The first-order valence-corrected chi connectivity index (χ1v) is 13.3. The fourth-order valence-corrected chi connectivity index (χ4v) is 6.65. The minimum absolute atomic E-state index is 0.0886. The molecular formula is C24H23FN4O3S2. The van der Waals surface area contributed by atoms with Gasteiger partial charge in [0.25, 0.3) is 5.56 Å².